The number of carbonyl (C=O) groups is 2. The summed E-state index contributed by atoms with van der Waals surface area (Å²) in [5, 5.41) is 3.74. The largest absolute Gasteiger partial charge is 0.491 e. The molecule has 3 aliphatic heterocycles. The zero-order valence-electron chi connectivity index (χ0n) is 30.4. The molecule has 10 nitrogen and oxygen atoms in total. The highest BCUT2D eigenvalue weighted by molar-refractivity contribution is 7.92. The third-order valence-electron chi connectivity index (χ3n) is 11.7. The van der Waals surface area contributed by atoms with Gasteiger partial charge in [0.15, 0.2) is 0 Å². The summed E-state index contributed by atoms with van der Waals surface area (Å²) in [5.74, 6) is 1.60. The standard InChI is InChI=1S/C40H53ClN4O6S/c1-26-6-5-8-37(49-2)33-13-10-31(33)24-45-23-30-9-12-32(41)20-28(30)7-3-4-17-51-38-14-11-29(21-36(38)45)39(46)43-52(48,25-26)44-40(47)42-35-22-34(35)27-15-18-50-19-16-27/h5,8-9,11-12,14,20-21,26-27,31,33-35,37H,3-4,6-7,10,13,15-19,22-25H2,1-2H3,(H2,42,43,44,46,47,48)/b8-5+/t26-,31-,33+,34-,35+,37-,52?/m0/s1. The van der Waals surface area contributed by atoms with Crippen molar-refractivity contribution >= 4 is 39.1 Å². The Hall–Kier alpha value is -3.12. The zero-order valence-corrected chi connectivity index (χ0v) is 32.0. The van der Waals surface area contributed by atoms with Gasteiger partial charge in [0, 0.05) is 50.0 Å². The second kappa shape index (κ2) is 16.5. The lowest BCUT2D eigenvalue weighted by atomic mass is 9.70. The quantitative estimate of drug-likeness (QED) is 0.314. The Balaban J connectivity index is 1.23. The summed E-state index contributed by atoms with van der Waals surface area (Å²) in [5.41, 5.74) is 3.50. The second-order valence-electron chi connectivity index (χ2n) is 15.5. The smallest absolute Gasteiger partial charge is 0.327 e. The van der Waals surface area contributed by atoms with E-state index in [2.05, 4.69) is 43.6 Å². The van der Waals surface area contributed by atoms with E-state index in [0.717, 1.165) is 81.8 Å². The maximum absolute atomic E-state index is 14.6. The molecule has 2 aromatic rings. The number of ether oxygens (including phenoxy) is 3. The Bertz CT molecular complexity index is 1770. The van der Waals surface area contributed by atoms with Crippen molar-refractivity contribution in [3.8, 4) is 5.75 Å². The number of hydrogen-bond acceptors (Lipinski definition) is 7. The molecular weight excluding hydrogens is 700 g/mol. The summed E-state index contributed by atoms with van der Waals surface area (Å²) in [6, 6.07) is 11.0. The van der Waals surface area contributed by atoms with Gasteiger partial charge in [0.05, 0.1) is 24.2 Å². The molecule has 282 valence electrons. The minimum absolute atomic E-state index is 0.0212. The van der Waals surface area contributed by atoms with Gasteiger partial charge >= 0.3 is 6.03 Å². The molecule has 5 aliphatic rings. The molecule has 2 aliphatic carbocycles. The van der Waals surface area contributed by atoms with Crippen LogP contribution in [0.15, 0.2) is 52.9 Å². The van der Waals surface area contributed by atoms with Gasteiger partial charge in [-0.3, -0.25) is 9.52 Å². The minimum Gasteiger partial charge on any atom is -0.491 e. The van der Waals surface area contributed by atoms with Gasteiger partial charge in [-0.25, -0.2) is 9.00 Å². The van der Waals surface area contributed by atoms with Crippen LogP contribution in [0.2, 0.25) is 5.02 Å². The first kappa shape index (κ1) is 37.2. The molecule has 3 amide bonds. The average molecular weight is 753 g/mol. The summed E-state index contributed by atoms with van der Waals surface area (Å²) in [4.78, 5) is 29.7. The minimum atomic E-state index is -3.49. The first-order valence-electron chi connectivity index (χ1n) is 19.1. The van der Waals surface area contributed by atoms with Gasteiger partial charge in [0.1, 0.15) is 15.7 Å². The van der Waals surface area contributed by atoms with Crippen LogP contribution in [-0.2, 0) is 32.4 Å². The highest BCUT2D eigenvalue weighted by atomic mass is 35.5. The van der Waals surface area contributed by atoms with Gasteiger partial charge < -0.3 is 24.4 Å². The van der Waals surface area contributed by atoms with Crippen molar-refractivity contribution in [1.29, 1.82) is 0 Å². The number of amides is 3. The SMILES string of the molecule is CO[C@H]1/C=C/C[C@H](C)CS(=O)(NC(=O)N[C@@H]2C[C@H]2C2CCOCC2)=NC(=O)c2ccc3c(c2)N(Cc2ccc(Cl)cc2CCCCO3)C[C@@H]2CC[C@H]21. The summed E-state index contributed by atoms with van der Waals surface area (Å²) in [7, 11) is -1.72. The number of allylic oxidation sites excluding steroid dienone is 1. The molecule has 0 aromatic heterocycles. The van der Waals surface area contributed by atoms with E-state index in [1.54, 1.807) is 13.2 Å². The molecule has 2 N–H and O–H groups in total. The van der Waals surface area contributed by atoms with E-state index in [9.17, 15) is 13.8 Å². The Labute approximate surface area is 313 Å². The van der Waals surface area contributed by atoms with Crippen LogP contribution >= 0.6 is 11.6 Å². The molecule has 0 spiro atoms. The van der Waals surface area contributed by atoms with Gasteiger partial charge in [0.2, 0.25) is 0 Å². The maximum atomic E-state index is 14.6. The van der Waals surface area contributed by atoms with Gasteiger partial charge in [0.25, 0.3) is 5.91 Å². The van der Waals surface area contributed by atoms with Gasteiger partial charge in [-0.2, -0.15) is 0 Å². The predicted molar refractivity (Wildman–Crippen MR) is 204 cm³/mol. The van der Waals surface area contributed by atoms with Crippen molar-refractivity contribution in [2.45, 2.75) is 83.4 Å². The summed E-state index contributed by atoms with van der Waals surface area (Å²) < 4.78 is 39.5. The molecule has 2 saturated carbocycles. The third-order valence-corrected chi connectivity index (χ3v) is 13.9. The van der Waals surface area contributed by atoms with Crippen LogP contribution in [0.5, 0.6) is 5.75 Å². The number of methoxy groups -OCH3 is 1. The summed E-state index contributed by atoms with van der Waals surface area (Å²) in [6.07, 6.45) is 12.5. The maximum Gasteiger partial charge on any atom is 0.327 e. The zero-order chi connectivity index (χ0) is 36.2. The third kappa shape index (κ3) is 8.97. The van der Waals surface area contributed by atoms with E-state index >= 15 is 0 Å². The Morgan fingerprint density at radius 2 is 1.87 bits per heavy atom. The van der Waals surface area contributed by atoms with Crippen molar-refractivity contribution in [2.75, 3.05) is 44.1 Å². The number of halogens is 1. The topological polar surface area (TPSA) is 119 Å². The number of carbonyl (C=O) groups excluding carboxylic acids is 2. The molecule has 2 bridgehead atoms. The summed E-state index contributed by atoms with van der Waals surface area (Å²) >= 11 is 6.48. The molecule has 1 unspecified atom stereocenters. The Morgan fingerprint density at radius 1 is 1.02 bits per heavy atom. The predicted octanol–water partition coefficient (Wildman–Crippen LogP) is 7.34. The van der Waals surface area contributed by atoms with E-state index in [1.807, 2.05) is 25.1 Å². The number of nitrogens with one attached hydrogen (secondary N) is 2. The monoisotopic (exact) mass is 752 g/mol. The van der Waals surface area contributed by atoms with Crippen molar-refractivity contribution in [1.82, 2.24) is 10.0 Å². The number of fused-ring (bicyclic) bond motifs is 3. The molecule has 3 fully saturated rings. The lowest BCUT2D eigenvalue weighted by Gasteiger charge is -2.43. The molecule has 7 atom stereocenters. The highest BCUT2D eigenvalue weighted by Gasteiger charge is 2.44. The van der Waals surface area contributed by atoms with Crippen LogP contribution < -0.4 is 19.7 Å². The van der Waals surface area contributed by atoms with Gasteiger partial charge in [-0.1, -0.05) is 36.7 Å². The number of nitrogens with zero attached hydrogens (tertiary/aromatic N) is 2. The number of benzene rings is 2. The average Bonchev–Trinajstić information content (AvgIpc) is 3.88. The van der Waals surface area contributed by atoms with E-state index in [1.165, 1.54) is 11.1 Å². The highest BCUT2D eigenvalue weighted by Crippen LogP contribution is 2.43. The Kier molecular flexibility index (Phi) is 11.8. The number of hydrogen-bond donors (Lipinski definition) is 2. The fourth-order valence-electron chi connectivity index (χ4n) is 8.56. The van der Waals surface area contributed by atoms with Crippen molar-refractivity contribution in [3.63, 3.8) is 0 Å². The molecule has 2 aromatic carbocycles. The second-order valence-corrected chi connectivity index (χ2v) is 17.9. The normalized spacial score (nSPS) is 32.0. The van der Waals surface area contributed by atoms with E-state index in [-0.39, 0.29) is 23.8 Å². The van der Waals surface area contributed by atoms with E-state index in [4.69, 9.17) is 25.8 Å². The molecule has 0 radical (unpaired) electrons. The van der Waals surface area contributed by atoms with Gasteiger partial charge in [-0.15, -0.1) is 4.36 Å². The van der Waals surface area contributed by atoms with Crippen molar-refractivity contribution < 1.29 is 28.0 Å². The van der Waals surface area contributed by atoms with Crippen molar-refractivity contribution in [3.05, 3.63) is 70.3 Å². The molecule has 3 heterocycles. The molecule has 12 heteroatoms. The fourth-order valence-corrected chi connectivity index (χ4v) is 10.6. The fraction of sp³-hybridized carbons (Fsp3) is 0.600. The lowest BCUT2D eigenvalue weighted by Crippen LogP contribution is -2.43. The van der Waals surface area contributed by atoms with E-state index < -0.39 is 21.9 Å². The van der Waals surface area contributed by atoms with Crippen molar-refractivity contribution in [2.24, 2.45) is 34.0 Å². The van der Waals surface area contributed by atoms with Crippen LogP contribution in [0.4, 0.5) is 10.5 Å². The van der Waals surface area contributed by atoms with Crippen LogP contribution in [0, 0.1) is 29.6 Å². The number of aryl methyl sites for hydroxylation is 1. The first-order valence-corrected chi connectivity index (χ1v) is 21.2. The summed E-state index contributed by atoms with van der Waals surface area (Å²) in [6.45, 7) is 5.38. The Morgan fingerprint density at radius 3 is 2.65 bits per heavy atom. The molecule has 1 saturated heterocycles. The van der Waals surface area contributed by atoms with E-state index in [0.29, 0.717) is 54.6 Å². The van der Waals surface area contributed by atoms with Crippen LogP contribution in [0.25, 0.3) is 0 Å². The lowest BCUT2D eigenvalue weighted by molar-refractivity contribution is 0.0133. The number of anilines is 1. The molecular formula is C40H53ClN4O6S. The number of rotatable bonds is 4. The van der Waals surface area contributed by atoms with Crippen LogP contribution in [0.3, 0.4) is 0 Å². The number of urea groups is 1. The van der Waals surface area contributed by atoms with Crippen LogP contribution in [0.1, 0.15) is 79.8 Å². The molecule has 7 rings (SSSR count). The van der Waals surface area contributed by atoms with Crippen LogP contribution in [-0.4, -0.2) is 67.5 Å². The first-order chi connectivity index (χ1) is 25.2. The van der Waals surface area contributed by atoms with Gasteiger partial charge in [-0.05, 0) is 129 Å². The molecule has 52 heavy (non-hydrogen) atoms.